The molecule has 1 unspecified atom stereocenters. The Morgan fingerprint density at radius 3 is 2.33 bits per heavy atom. The molecule has 30 heavy (non-hydrogen) atoms. The molecular formula is C24H27NO5. The number of hydrogen-bond acceptors (Lipinski definition) is 5. The quantitative estimate of drug-likeness (QED) is 0.406. The number of rotatable bonds is 8. The summed E-state index contributed by atoms with van der Waals surface area (Å²) in [5.41, 5.74) is 1.30. The average Bonchev–Trinajstić information content (AvgIpc) is 2.99. The molecule has 0 radical (unpaired) electrons. The van der Waals surface area contributed by atoms with Crippen LogP contribution < -0.4 is 4.74 Å². The zero-order chi connectivity index (χ0) is 21.7. The minimum atomic E-state index is -0.698. The van der Waals surface area contributed by atoms with Gasteiger partial charge in [0, 0.05) is 12.1 Å². The van der Waals surface area contributed by atoms with Gasteiger partial charge in [-0.3, -0.25) is 9.59 Å². The van der Waals surface area contributed by atoms with E-state index < -0.39 is 17.7 Å². The van der Waals surface area contributed by atoms with Crippen LogP contribution in [0, 0.1) is 0 Å². The number of amides is 1. The van der Waals surface area contributed by atoms with Gasteiger partial charge in [0.25, 0.3) is 11.7 Å². The fourth-order valence-electron chi connectivity index (χ4n) is 3.51. The standard InChI is InChI=1S/C24H27NO5/c1-4-29-19-12-10-17(11-13-19)21-20(22(26)18-8-6-5-7-9-18)23(27)24(28)25(21)14-15-30-16(2)3/h5-13,16,21,26H,4,14-15H2,1-3H3/b22-20-. The summed E-state index contributed by atoms with van der Waals surface area (Å²) in [6.45, 7) is 6.80. The van der Waals surface area contributed by atoms with Crippen molar-refractivity contribution in [3.63, 3.8) is 0 Å². The van der Waals surface area contributed by atoms with Gasteiger partial charge < -0.3 is 19.5 Å². The Morgan fingerprint density at radius 1 is 1.07 bits per heavy atom. The van der Waals surface area contributed by atoms with E-state index in [1.165, 1.54) is 4.90 Å². The van der Waals surface area contributed by atoms with Crippen molar-refractivity contribution < 1.29 is 24.2 Å². The number of nitrogens with zero attached hydrogens (tertiary/aromatic N) is 1. The molecule has 6 heteroatoms. The summed E-state index contributed by atoms with van der Waals surface area (Å²) in [7, 11) is 0. The lowest BCUT2D eigenvalue weighted by atomic mass is 9.95. The molecule has 0 aliphatic carbocycles. The first-order valence-corrected chi connectivity index (χ1v) is 10.1. The molecule has 0 spiro atoms. The second-order valence-electron chi connectivity index (χ2n) is 7.28. The molecule has 1 atom stereocenters. The maximum Gasteiger partial charge on any atom is 0.295 e. The molecule has 1 aliphatic heterocycles. The first kappa shape index (κ1) is 21.6. The number of ether oxygens (including phenoxy) is 2. The number of Topliss-reactive ketones (excluding diaryl/α,β-unsaturated/α-hetero) is 1. The predicted octanol–water partition coefficient (Wildman–Crippen LogP) is 3.93. The fourth-order valence-corrected chi connectivity index (χ4v) is 3.51. The second-order valence-corrected chi connectivity index (χ2v) is 7.28. The first-order chi connectivity index (χ1) is 14.4. The van der Waals surface area contributed by atoms with Gasteiger partial charge in [0.2, 0.25) is 0 Å². The van der Waals surface area contributed by atoms with Gasteiger partial charge in [0.15, 0.2) is 0 Å². The van der Waals surface area contributed by atoms with Gasteiger partial charge in [-0.2, -0.15) is 0 Å². The minimum absolute atomic E-state index is 0.00932. The van der Waals surface area contributed by atoms with Gasteiger partial charge in [-0.15, -0.1) is 0 Å². The third kappa shape index (κ3) is 4.54. The molecule has 1 amide bonds. The van der Waals surface area contributed by atoms with Gasteiger partial charge in [-0.25, -0.2) is 0 Å². The van der Waals surface area contributed by atoms with E-state index in [-0.39, 0.29) is 24.0 Å². The number of carbonyl (C=O) groups excluding carboxylic acids is 2. The Balaban J connectivity index is 2.05. The van der Waals surface area contributed by atoms with Crippen LogP contribution in [-0.2, 0) is 14.3 Å². The topological polar surface area (TPSA) is 76.1 Å². The van der Waals surface area contributed by atoms with Crippen LogP contribution in [-0.4, -0.2) is 47.6 Å². The molecule has 2 aromatic carbocycles. The molecule has 1 N–H and O–H groups in total. The van der Waals surface area contributed by atoms with Crippen LogP contribution in [0.15, 0.2) is 60.2 Å². The Morgan fingerprint density at radius 2 is 1.73 bits per heavy atom. The number of hydrogen-bond donors (Lipinski definition) is 1. The van der Waals surface area contributed by atoms with Crippen LogP contribution in [0.2, 0.25) is 0 Å². The van der Waals surface area contributed by atoms with Crippen molar-refractivity contribution in [1.29, 1.82) is 0 Å². The van der Waals surface area contributed by atoms with Gasteiger partial charge >= 0.3 is 0 Å². The number of aliphatic hydroxyl groups excluding tert-OH is 1. The van der Waals surface area contributed by atoms with E-state index in [0.717, 1.165) is 5.56 Å². The highest BCUT2D eigenvalue weighted by Crippen LogP contribution is 2.39. The SMILES string of the molecule is CCOc1ccc(C2/C(=C(/O)c3ccccc3)C(=O)C(=O)N2CCOC(C)C)cc1. The van der Waals surface area contributed by atoms with Crippen LogP contribution in [0.1, 0.15) is 37.9 Å². The first-order valence-electron chi connectivity index (χ1n) is 10.1. The van der Waals surface area contributed by atoms with Gasteiger partial charge in [0.05, 0.1) is 30.9 Å². The molecule has 6 nitrogen and oxygen atoms in total. The van der Waals surface area contributed by atoms with Crippen molar-refractivity contribution in [2.45, 2.75) is 32.9 Å². The zero-order valence-corrected chi connectivity index (χ0v) is 17.5. The Hall–Kier alpha value is -3.12. The number of aliphatic hydroxyl groups is 1. The number of benzene rings is 2. The Bertz CT molecular complexity index is 918. The second kappa shape index (κ2) is 9.59. The van der Waals surface area contributed by atoms with Crippen molar-refractivity contribution in [3.05, 3.63) is 71.3 Å². The largest absolute Gasteiger partial charge is 0.507 e. The van der Waals surface area contributed by atoms with Crippen LogP contribution in [0.4, 0.5) is 0 Å². The summed E-state index contributed by atoms with van der Waals surface area (Å²) < 4.78 is 11.1. The Labute approximate surface area is 176 Å². The smallest absolute Gasteiger partial charge is 0.295 e. The van der Waals surface area contributed by atoms with Crippen molar-refractivity contribution in [2.24, 2.45) is 0 Å². The highest BCUT2D eigenvalue weighted by molar-refractivity contribution is 6.46. The van der Waals surface area contributed by atoms with Crippen LogP contribution in [0.25, 0.3) is 5.76 Å². The van der Waals surface area contributed by atoms with E-state index in [0.29, 0.717) is 24.5 Å². The lowest BCUT2D eigenvalue weighted by Gasteiger charge is -2.25. The van der Waals surface area contributed by atoms with E-state index in [2.05, 4.69) is 0 Å². The van der Waals surface area contributed by atoms with Crippen LogP contribution in [0.3, 0.4) is 0 Å². The predicted molar refractivity (Wildman–Crippen MR) is 114 cm³/mol. The maximum absolute atomic E-state index is 12.9. The maximum atomic E-state index is 12.9. The van der Waals surface area contributed by atoms with E-state index in [1.54, 1.807) is 36.4 Å². The van der Waals surface area contributed by atoms with E-state index in [9.17, 15) is 14.7 Å². The van der Waals surface area contributed by atoms with Gasteiger partial charge in [-0.05, 0) is 38.5 Å². The molecular weight excluding hydrogens is 382 g/mol. The third-order valence-corrected chi connectivity index (χ3v) is 4.88. The van der Waals surface area contributed by atoms with Crippen molar-refractivity contribution in [3.8, 4) is 5.75 Å². The highest BCUT2D eigenvalue weighted by Gasteiger charge is 2.45. The van der Waals surface area contributed by atoms with Crippen molar-refractivity contribution in [2.75, 3.05) is 19.8 Å². The minimum Gasteiger partial charge on any atom is -0.507 e. The normalized spacial score (nSPS) is 18.3. The third-order valence-electron chi connectivity index (χ3n) is 4.88. The number of likely N-dealkylation sites (tertiary alicyclic amines) is 1. The summed E-state index contributed by atoms with van der Waals surface area (Å²) in [6, 6.07) is 15.3. The summed E-state index contributed by atoms with van der Waals surface area (Å²) in [5.74, 6) is -0.817. The van der Waals surface area contributed by atoms with Crippen LogP contribution in [0.5, 0.6) is 5.75 Å². The molecule has 1 heterocycles. The van der Waals surface area contributed by atoms with Crippen LogP contribution >= 0.6 is 0 Å². The fraction of sp³-hybridized carbons (Fsp3) is 0.333. The lowest BCUT2D eigenvalue weighted by Crippen LogP contribution is -2.33. The molecule has 3 rings (SSSR count). The molecule has 158 valence electrons. The highest BCUT2D eigenvalue weighted by atomic mass is 16.5. The summed E-state index contributed by atoms with van der Waals surface area (Å²) in [4.78, 5) is 27.2. The van der Waals surface area contributed by atoms with E-state index in [1.807, 2.05) is 39.0 Å². The van der Waals surface area contributed by atoms with Gasteiger partial charge in [0.1, 0.15) is 11.5 Å². The average molecular weight is 409 g/mol. The molecule has 1 saturated heterocycles. The van der Waals surface area contributed by atoms with E-state index >= 15 is 0 Å². The summed E-state index contributed by atoms with van der Waals surface area (Å²) in [6.07, 6.45) is 0.00932. The Kier molecular flexibility index (Phi) is 6.90. The molecule has 0 aromatic heterocycles. The molecule has 0 bridgehead atoms. The zero-order valence-electron chi connectivity index (χ0n) is 17.5. The number of ketones is 1. The van der Waals surface area contributed by atoms with Gasteiger partial charge in [-0.1, -0.05) is 42.5 Å². The lowest BCUT2D eigenvalue weighted by molar-refractivity contribution is -0.140. The molecule has 2 aromatic rings. The molecule has 1 aliphatic rings. The molecule has 0 saturated carbocycles. The monoisotopic (exact) mass is 409 g/mol. The summed E-state index contributed by atoms with van der Waals surface area (Å²) >= 11 is 0. The van der Waals surface area contributed by atoms with E-state index in [4.69, 9.17) is 9.47 Å². The number of carbonyl (C=O) groups is 2. The summed E-state index contributed by atoms with van der Waals surface area (Å²) in [5, 5.41) is 10.9. The molecule has 1 fully saturated rings. The van der Waals surface area contributed by atoms with Crippen molar-refractivity contribution >= 4 is 17.4 Å². The van der Waals surface area contributed by atoms with Crippen molar-refractivity contribution in [1.82, 2.24) is 4.90 Å².